The lowest BCUT2D eigenvalue weighted by molar-refractivity contribution is 0.684. The van der Waals surface area contributed by atoms with Gasteiger partial charge in [0.15, 0.2) is 0 Å². The van der Waals surface area contributed by atoms with Gasteiger partial charge in [-0.1, -0.05) is 24.3 Å². The van der Waals surface area contributed by atoms with Gasteiger partial charge in [-0.15, -0.1) is 0 Å². The van der Waals surface area contributed by atoms with Gasteiger partial charge in [0.05, 0.1) is 11.9 Å². The summed E-state index contributed by atoms with van der Waals surface area (Å²) >= 11 is 0. The number of aromatic nitrogens is 1. The van der Waals surface area contributed by atoms with Gasteiger partial charge >= 0.3 is 0 Å². The van der Waals surface area contributed by atoms with Crippen LogP contribution in [0.3, 0.4) is 0 Å². The summed E-state index contributed by atoms with van der Waals surface area (Å²) in [6.07, 6.45) is 6.50. The average Bonchev–Trinajstić information content (AvgIpc) is 3.32. The summed E-state index contributed by atoms with van der Waals surface area (Å²) in [5.41, 5.74) is 5.25. The highest BCUT2D eigenvalue weighted by Crippen LogP contribution is 2.23. The summed E-state index contributed by atoms with van der Waals surface area (Å²) in [7, 11) is 2.14. The molecular weight excluding hydrogens is 258 g/mol. The molecule has 1 fully saturated rings. The minimum Gasteiger partial charge on any atom is -0.369 e. The van der Waals surface area contributed by atoms with Gasteiger partial charge in [-0.25, -0.2) is 0 Å². The minimum atomic E-state index is 0.729. The topological polar surface area (TPSA) is 28.2 Å². The fourth-order valence-corrected chi connectivity index (χ4v) is 2.58. The van der Waals surface area contributed by atoms with Gasteiger partial charge in [-0.2, -0.15) is 0 Å². The van der Waals surface area contributed by atoms with Crippen LogP contribution in [-0.4, -0.2) is 18.1 Å². The molecule has 0 aliphatic heterocycles. The second-order valence-corrected chi connectivity index (χ2v) is 5.94. The predicted molar refractivity (Wildman–Crippen MR) is 87.4 cm³/mol. The van der Waals surface area contributed by atoms with Gasteiger partial charge < -0.3 is 10.2 Å². The van der Waals surface area contributed by atoms with Crippen LogP contribution >= 0.6 is 0 Å². The second-order valence-electron chi connectivity index (χ2n) is 5.94. The summed E-state index contributed by atoms with van der Waals surface area (Å²) in [6, 6.07) is 11.4. The Kier molecular flexibility index (Phi) is 4.20. The Hall–Kier alpha value is -1.87. The third kappa shape index (κ3) is 3.61. The lowest BCUT2D eigenvalue weighted by Crippen LogP contribution is -2.22. The van der Waals surface area contributed by atoms with E-state index in [0.717, 1.165) is 19.1 Å². The summed E-state index contributed by atoms with van der Waals surface area (Å²) in [6.45, 7) is 4.01. The first-order valence-corrected chi connectivity index (χ1v) is 7.66. The highest BCUT2D eigenvalue weighted by atomic mass is 15.1. The first kappa shape index (κ1) is 14.1. The van der Waals surface area contributed by atoms with Gasteiger partial charge in [0, 0.05) is 32.4 Å². The number of aryl methyl sites for hydroxylation is 1. The molecule has 1 N–H and O–H groups in total. The average molecular weight is 281 g/mol. The molecule has 0 amide bonds. The molecular formula is C18H23N3. The van der Waals surface area contributed by atoms with Crippen molar-refractivity contribution in [3.05, 3.63) is 59.4 Å². The molecule has 0 spiro atoms. The molecule has 1 aliphatic carbocycles. The van der Waals surface area contributed by atoms with E-state index in [-0.39, 0.29) is 0 Å². The summed E-state index contributed by atoms with van der Waals surface area (Å²) in [4.78, 5) is 6.59. The quantitative estimate of drug-likeness (QED) is 0.880. The molecule has 1 aliphatic rings. The van der Waals surface area contributed by atoms with Crippen molar-refractivity contribution in [3.8, 4) is 0 Å². The van der Waals surface area contributed by atoms with Crippen LogP contribution in [0, 0.1) is 6.92 Å². The molecule has 3 nitrogen and oxygen atoms in total. The fourth-order valence-electron chi connectivity index (χ4n) is 2.58. The zero-order valence-corrected chi connectivity index (χ0v) is 12.8. The minimum absolute atomic E-state index is 0.729. The van der Waals surface area contributed by atoms with Gasteiger partial charge in [-0.3, -0.25) is 4.98 Å². The number of nitrogens with zero attached hydrogens (tertiary/aromatic N) is 2. The number of rotatable bonds is 6. The standard InChI is InChI=1S/C18H23N3/c1-14-5-3-4-6-16(14)13-21(2)18-12-19-10-9-15(18)11-20-17-7-8-17/h3-6,9-10,12,17,20H,7-8,11,13H2,1-2H3. The number of pyridine rings is 1. The molecule has 0 radical (unpaired) electrons. The van der Waals surface area contributed by atoms with Crippen LogP contribution in [0.5, 0.6) is 0 Å². The van der Waals surface area contributed by atoms with Crippen molar-refractivity contribution < 1.29 is 0 Å². The number of benzene rings is 1. The maximum absolute atomic E-state index is 4.30. The van der Waals surface area contributed by atoms with Crippen molar-refractivity contribution in [3.63, 3.8) is 0 Å². The Morgan fingerprint density at radius 1 is 1.19 bits per heavy atom. The Morgan fingerprint density at radius 2 is 2.00 bits per heavy atom. The van der Waals surface area contributed by atoms with E-state index >= 15 is 0 Å². The smallest absolute Gasteiger partial charge is 0.0598 e. The van der Waals surface area contributed by atoms with E-state index in [9.17, 15) is 0 Å². The van der Waals surface area contributed by atoms with Crippen molar-refractivity contribution in [2.24, 2.45) is 0 Å². The maximum Gasteiger partial charge on any atom is 0.0598 e. The Balaban J connectivity index is 1.74. The largest absolute Gasteiger partial charge is 0.369 e. The maximum atomic E-state index is 4.30. The van der Waals surface area contributed by atoms with E-state index in [1.54, 1.807) is 0 Å². The molecule has 1 heterocycles. The van der Waals surface area contributed by atoms with Crippen LogP contribution in [0.15, 0.2) is 42.7 Å². The first-order chi connectivity index (χ1) is 10.2. The van der Waals surface area contributed by atoms with Gasteiger partial charge in [0.25, 0.3) is 0 Å². The SMILES string of the molecule is Cc1ccccc1CN(C)c1cnccc1CNC1CC1. The van der Waals surface area contributed by atoms with E-state index in [1.165, 1.54) is 35.2 Å². The Labute approximate surface area is 127 Å². The van der Waals surface area contributed by atoms with Crippen LogP contribution in [-0.2, 0) is 13.1 Å². The molecule has 2 aromatic rings. The van der Waals surface area contributed by atoms with E-state index in [2.05, 4.69) is 59.5 Å². The van der Waals surface area contributed by atoms with Gasteiger partial charge in [-0.05, 0) is 42.5 Å². The third-order valence-electron chi connectivity index (χ3n) is 4.13. The summed E-state index contributed by atoms with van der Waals surface area (Å²) < 4.78 is 0. The van der Waals surface area contributed by atoms with Crippen LogP contribution in [0.1, 0.15) is 29.5 Å². The number of nitrogens with one attached hydrogen (secondary N) is 1. The van der Waals surface area contributed by atoms with E-state index < -0.39 is 0 Å². The summed E-state index contributed by atoms with van der Waals surface area (Å²) in [5.74, 6) is 0. The zero-order chi connectivity index (χ0) is 14.7. The molecule has 1 aromatic heterocycles. The van der Waals surface area contributed by atoms with E-state index in [0.29, 0.717) is 0 Å². The lowest BCUT2D eigenvalue weighted by Gasteiger charge is -2.23. The third-order valence-corrected chi connectivity index (χ3v) is 4.13. The monoisotopic (exact) mass is 281 g/mol. The normalized spacial score (nSPS) is 14.2. The number of hydrogen-bond donors (Lipinski definition) is 1. The Morgan fingerprint density at radius 3 is 2.76 bits per heavy atom. The van der Waals surface area contributed by atoms with Crippen molar-refractivity contribution in [2.75, 3.05) is 11.9 Å². The van der Waals surface area contributed by atoms with Crippen molar-refractivity contribution in [1.82, 2.24) is 10.3 Å². The Bertz CT molecular complexity index is 605. The van der Waals surface area contributed by atoms with Crippen molar-refractivity contribution in [2.45, 2.75) is 38.9 Å². The highest BCUT2D eigenvalue weighted by molar-refractivity contribution is 5.51. The molecule has 3 heteroatoms. The van der Waals surface area contributed by atoms with Gasteiger partial charge in [0.1, 0.15) is 0 Å². The zero-order valence-electron chi connectivity index (χ0n) is 12.8. The lowest BCUT2D eigenvalue weighted by atomic mass is 10.1. The molecule has 21 heavy (non-hydrogen) atoms. The van der Waals surface area contributed by atoms with E-state index in [4.69, 9.17) is 0 Å². The fraction of sp³-hybridized carbons (Fsp3) is 0.389. The number of anilines is 1. The second kappa shape index (κ2) is 6.27. The molecule has 0 bridgehead atoms. The highest BCUT2D eigenvalue weighted by Gasteiger charge is 2.20. The molecule has 0 atom stereocenters. The van der Waals surface area contributed by atoms with Crippen LogP contribution in [0.4, 0.5) is 5.69 Å². The first-order valence-electron chi connectivity index (χ1n) is 7.66. The molecule has 3 rings (SSSR count). The molecule has 0 saturated heterocycles. The molecule has 1 aromatic carbocycles. The van der Waals surface area contributed by atoms with Crippen LogP contribution in [0.25, 0.3) is 0 Å². The number of hydrogen-bond acceptors (Lipinski definition) is 3. The predicted octanol–water partition coefficient (Wildman–Crippen LogP) is 3.28. The van der Waals surface area contributed by atoms with Crippen LogP contribution < -0.4 is 10.2 Å². The van der Waals surface area contributed by atoms with E-state index in [1.807, 2.05) is 12.4 Å². The molecule has 110 valence electrons. The molecule has 1 saturated carbocycles. The van der Waals surface area contributed by atoms with Crippen LogP contribution in [0.2, 0.25) is 0 Å². The summed E-state index contributed by atoms with van der Waals surface area (Å²) in [5, 5.41) is 3.59. The van der Waals surface area contributed by atoms with Crippen molar-refractivity contribution in [1.29, 1.82) is 0 Å². The van der Waals surface area contributed by atoms with Gasteiger partial charge in [0.2, 0.25) is 0 Å². The molecule has 0 unspecified atom stereocenters. The van der Waals surface area contributed by atoms with Crippen molar-refractivity contribution >= 4 is 5.69 Å².